The highest BCUT2D eigenvalue weighted by Crippen LogP contribution is 2.39. The first kappa shape index (κ1) is 17.2. The van der Waals surface area contributed by atoms with Crippen LogP contribution in [-0.2, 0) is 6.54 Å². The van der Waals surface area contributed by atoms with Crippen LogP contribution in [0.4, 0.5) is 17.2 Å². The van der Waals surface area contributed by atoms with Gasteiger partial charge in [-0.15, -0.1) is 0 Å². The number of nitrogens with zero attached hydrogens (tertiary/aromatic N) is 3. The van der Waals surface area contributed by atoms with E-state index in [1.807, 2.05) is 6.07 Å². The topological polar surface area (TPSA) is 107 Å². The highest BCUT2D eigenvalue weighted by atomic mass is 35.5. The van der Waals surface area contributed by atoms with Gasteiger partial charge >= 0.3 is 0 Å². The lowest BCUT2D eigenvalue weighted by molar-refractivity contribution is 0.0925. The summed E-state index contributed by atoms with van der Waals surface area (Å²) in [5.41, 5.74) is 8.80. The molecule has 1 aliphatic rings. The summed E-state index contributed by atoms with van der Waals surface area (Å²) in [5, 5.41) is 11.2. The van der Waals surface area contributed by atoms with Gasteiger partial charge in [0.1, 0.15) is 17.2 Å². The molecule has 1 aromatic carbocycles. The maximum Gasteiger partial charge on any atom is 0.271 e. The van der Waals surface area contributed by atoms with Crippen molar-refractivity contribution in [3.8, 4) is 17.0 Å². The van der Waals surface area contributed by atoms with E-state index >= 15 is 0 Å². The zero-order chi connectivity index (χ0) is 19.0. The Hall–Kier alpha value is -3.26. The minimum Gasteiger partial charge on any atom is -0.493 e. The van der Waals surface area contributed by atoms with Crippen molar-refractivity contribution >= 4 is 34.7 Å². The van der Waals surface area contributed by atoms with Crippen LogP contribution in [0.5, 0.6) is 5.75 Å². The molecule has 3 heterocycles. The molecule has 2 aromatic heterocycles. The number of aromatic nitrogens is 3. The molecule has 1 aliphatic heterocycles. The van der Waals surface area contributed by atoms with Crippen molar-refractivity contribution in [2.75, 3.05) is 24.7 Å². The number of nitrogens with one attached hydrogen (secondary N) is 2. The van der Waals surface area contributed by atoms with Crippen LogP contribution in [0.25, 0.3) is 11.3 Å². The molecule has 0 fully saturated rings. The van der Waals surface area contributed by atoms with Crippen molar-refractivity contribution in [1.82, 2.24) is 20.1 Å². The van der Waals surface area contributed by atoms with E-state index in [-0.39, 0.29) is 5.91 Å². The third-order valence-electron chi connectivity index (χ3n) is 4.26. The van der Waals surface area contributed by atoms with Gasteiger partial charge in [0.2, 0.25) is 0 Å². The molecule has 8 nitrogen and oxygen atoms in total. The van der Waals surface area contributed by atoms with E-state index in [0.717, 1.165) is 5.56 Å². The van der Waals surface area contributed by atoms with Crippen LogP contribution in [0.15, 0.2) is 36.5 Å². The number of ether oxygens (including phenoxy) is 1. The van der Waals surface area contributed by atoms with Crippen molar-refractivity contribution in [2.24, 2.45) is 0 Å². The highest BCUT2D eigenvalue weighted by Gasteiger charge is 2.28. The van der Waals surface area contributed by atoms with Crippen LogP contribution in [0, 0.1) is 0 Å². The second-order valence-electron chi connectivity index (χ2n) is 5.97. The van der Waals surface area contributed by atoms with Gasteiger partial charge in [0.15, 0.2) is 5.75 Å². The predicted octanol–water partition coefficient (Wildman–Crippen LogP) is 2.68. The lowest BCUT2D eigenvalue weighted by atomic mass is 10.1. The monoisotopic (exact) mass is 384 g/mol. The van der Waals surface area contributed by atoms with E-state index < -0.39 is 0 Å². The van der Waals surface area contributed by atoms with Gasteiger partial charge in [-0.3, -0.25) is 9.48 Å². The lowest BCUT2D eigenvalue weighted by Crippen LogP contribution is -2.35. The first-order valence-corrected chi connectivity index (χ1v) is 8.66. The summed E-state index contributed by atoms with van der Waals surface area (Å²) < 4.78 is 7.09. The number of nitrogen functional groups attached to an aromatic ring is 1. The van der Waals surface area contributed by atoms with Gasteiger partial charge in [0.05, 0.1) is 30.1 Å². The fourth-order valence-electron chi connectivity index (χ4n) is 3.08. The van der Waals surface area contributed by atoms with Gasteiger partial charge in [-0.05, 0) is 24.3 Å². The summed E-state index contributed by atoms with van der Waals surface area (Å²) in [6.07, 6.45) is 1.60. The first-order valence-electron chi connectivity index (χ1n) is 8.29. The first-order chi connectivity index (χ1) is 13.1. The molecular formula is C18H17ClN6O2. The van der Waals surface area contributed by atoms with Crippen molar-refractivity contribution in [2.45, 2.75) is 6.54 Å². The maximum absolute atomic E-state index is 12.5. The Morgan fingerprint density at radius 1 is 1.37 bits per heavy atom. The summed E-state index contributed by atoms with van der Waals surface area (Å²) in [5.74, 6) is 0.648. The van der Waals surface area contributed by atoms with E-state index in [0.29, 0.717) is 52.4 Å². The number of nitrogens with two attached hydrogens (primary N) is 1. The fraction of sp³-hybridized carbons (Fsp3) is 0.167. The summed E-state index contributed by atoms with van der Waals surface area (Å²) in [4.78, 5) is 16.5. The number of amides is 1. The number of rotatable bonds is 4. The van der Waals surface area contributed by atoms with E-state index in [1.54, 1.807) is 35.1 Å². The molecule has 138 valence electrons. The highest BCUT2D eigenvalue weighted by molar-refractivity contribution is 6.32. The second-order valence-corrected chi connectivity index (χ2v) is 6.37. The number of para-hydroxylation sites is 1. The molecule has 27 heavy (non-hydrogen) atoms. The molecule has 0 aliphatic carbocycles. The Morgan fingerprint density at radius 3 is 3.00 bits per heavy atom. The Labute approximate surface area is 160 Å². The number of methoxy groups -OCH3 is 1. The largest absolute Gasteiger partial charge is 0.493 e. The molecule has 0 bridgehead atoms. The van der Waals surface area contributed by atoms with Crippen LogP contribution in [-0.4, -0.2) is 34.3 Å². The summed E-state index contributed by atoms with van der Waals surface area (Å²) in [6.45, 7) is 1.09. The SMILES string of the molecule is COc1c(Cl)cccc1Nc1c(-c2ccnc(N)c2)nn2c1C(=O)NCC2. The number of hydrogen-bond acceptors (Lipinski definition) is 6. The zero-order valence-electron chi connectivity index (χ0n) is 14.5. The Bertz CT molecular complexity index is 1030. The minimum atomic E-state index is -0.203. The molecule has 0 atom stereocenters. The third-order valence-corrected chi connectivity index (χ3v) is 4.56. The van der Waals surface area contributed by atoms with Crippen LogP contribution >= 0.6 is 11.6 Å². The molecule has 4 N–H and O–H groups in total. The Morgan fingerprint density at radius 2 is 2.22 bits per heavy atom. The molecular weight excluding hydrogens is 368 g/mol. The molecule has 0 saturated carbocycles. The van der Waals surface area contributed by atoms with E-state index in [2.05, 4.69) is 20.7 Å². The maximum atomic E-state index is 12.5. The van der Waals surface area contributed by atoms with Gasteiger partial charge in [-0.1, -0.05) is 17.7 Å². The molecule has 3 aromatic rings. The standard InChI is InChI=1S/C18H17ClN6O2/c1-27-17-11(19)3-2-4-12(17)23-15-14(10-5-6-21-13(20)9-10)24-25-8-7-22-18(26)16(15)25/h2-6,9,23H,7-8H2,1H3,(H2,20,21)(H,22,26). The number of carbonyl (C=O) groups is 1. The Balaban J connectivity index is 1.90. The number of pyridine rings is 1. The van der Waals surface area contributed by atoms with Crippen LogP contribution < -0.4 is 21.1 Å². The molecule has 0 radical (unpaired) electrons. The van der Waals surface area contributed by atoms with Gasteiger partial charge in [0.25, 0.3) is 5.91 Å². The van der Waals surface area contributed by atoms with Gasteiger partial charge in [-0.25, -0.2) is 4.98 Å². The second kappa shape index (κ2) is 6.81. The van der Waals surface area contributed by atoms with Crippen LogP contribution in [0.2, 0.25) is 5.02 Å². The van der Waals surface area contributed by atoms with Crippen LogP contribution in [0.1, 0.15) is 10.5 Å². The normalized spacial score (nSPS) is 13.0. The quantitative estimate of drug-likeness (QED) is 0.638. The van der Waals surface area contributed by atoms with Crippen LogP contribution in [0.3, 0.4) is 0 Å². The zero-order valence-corrected chi connectivity index (χ0v) is 15.2. The smallest absolute Gasteiger partial charge is 0.271 e. The molecule has 9 heteroatoms. The van der Waals surface area contributed by atoms with Crippen molar-refractivity contribution in [1.29, 1.82) is 0 Å². The number of hydrogen-bond donors (Lipinski definition) is 3. The third kappa shape index (κ3) is 3.04. The van der Waals surface area contributed by atoms with Crippen molar-refractivity contribution < 1.29 is 9.53 Å². The number of anilines is 3. The lowest BCUT2D eigenvalue weighted by Gasteiger charge is -2.17. The average molecular weight is 385 g/mol. The fourth-order valence-corrected chi connectivity index (χ4v) is 3.33. The number of fused-ring (bicyclic) bond motifs is 1. The van der Waals surface area contributed by atoms with E-state index in [4.69, 9.17) is 22.1 Å². The number of carbonyl (C=O) groups excluding carboxylic acids is 1. The van der Waals surface area contributed by atoms with E-state index in [9.17, 15) is 4.79 Å². The van der Waals surface area contributed by atoms with E-state index in [1.165, 1.54) is 7.11 Å². The number of benzene rings is 1. The summed E-state index contributed by atoms with van der Waals surface area (Å²) in [6, 6.07) is 8.86. The van der Waals surface area contributed by atoms with Crippen molar-refractivity contribution in [3.05, 3.63) is 47.2 Å². The van der Waals surface area contributed by atoms with Crippen molar-refractivity contribution in [3.63, 3.8) is 0 Å². The molecule has 0 saturated heterocycles. The Kier molecular flexibility index (Phi) is 4.33. The molecule has 0 unspecified atom stereocenters. The summed E-state index contributed by atoms with van der Waals surface area (Å²) >= 11 is 6.23. The average Bonchev–Trinajstić information content (AvgIpc) is 3.02. The van der Waals surface area contributed by atoms with Gasteiger partial charge < -0.3 is 21.1 Å². The minimum absolute atomic E-state index is 0.203. The molecule has 0 spiro atoms. The predicted molar refractivity (Wildman–Crippen MR) is 103 cm³/mol. The van der Waals surface area contributed by atoms with Gasteiger partial charge in [-0.2, -0.15) is 5.10 Å². The summed E-state index contributed by atoms with van der Waals surface area (Å²) in [7, 11) is 1.54. The number of halogens is 1. The molecule has 1 amide bonds. The van der Waals surface area contributed by atoms with Gasteiger partial charge in [0, 0.05) is 18.3 Å². The molecule has 4 rings (SSSR count).